The number of nitrogens with one attached hydrogen (secondary N) is 1. The van der Waals surface area contributed by atoms with E-state index in [1.807, 2.05) is 12.4 Å². The Balaban J connectivity index is 2.18. The van der Waals surface area contributed by atoms with Crippen molar-refractivity contribution in [1.82, 2.24) is 4.98 Å². The lowest BCUT2D eigenvalue weighted by Gasteiger charge is -2.06. The van der Waals surface area contributed by atoms with Gasteiger partial charge in [-0.2, -0.15) is 0 Å². The van der Waals surface area contributed by atoms with E-state index < -0.39 is 0 Å². The number of anilines is 1. The Morgan fingerprint density at radius 3 is 3.29 bits per heavy atom. The van der Waals surface area contributed by atoms with E-state index in [2.05, 4.69) is 29.4 Å². The van der Waals surface area contributed by atoms with Crippen molar-refractivity contribution in [2.45, 2.75) is 32.6 Å². The summed E-state index contributed by atoms with van der Waals surface area (Å²) in [6.45, 7) is 2.13. The molecule has 14 heavy (non-hydrogen) atoms. The van der Waals surface area contributed by atoms with Crippen molar-refractivity contribution in [3.8, 4) is 0 Å². The molecule has 1 aromatic rings. The van der Waals surface area contributed by atoms with Gasteiger partial charge in [0.25, 0.3) is 0 Å². The summed E-state index contributed by atoms with van der Waals surface area (Å²) < 4.78 is 0. The molecular formula is C12H16N2. The quantitative estimate of drug-likeness (QED) is 0.789. The zero-order valence-electron chi connectivity index (χ0n) is 8.59. The van der Waals surface area contributed by atoms with Gasteiger partial charge in [-0.25, -0.2) is 0 Å². The van der Waals surface area contributed by atoms with Crippen molar-refractivity contribution < 1.29 is 0 Å². The first-order chi connectivity index (χ1) is 6.92. The number of rotatable bonds is 3. The number of hydrogen-bond donors (Lipinski definition) is 1. The molecule has 0 radical (unpaired) electrons. The SMILES string of the molecule is CC/C=C/Nc1ccnc2c1CCC2. The van der Waals surface area contributed by atoms with Crippen LogP contribution in [0.4, 0.5) is 5.69 Å². The summed E-state index contributed by atoms with van der Waals surface area (Å²) in [5.41, 5.74) is 3.92. The van der Waals surface area contributed by atoms with Crippen LogP contribution in [0.1, 0.15) is 31.0 Å². The van der Waals surface area contributed by atoms with Gasteiger partial charge in [-0.1, -0.05) is 13.0 Å². The van der Waals surface area contributed by atoms with Gasteiger partial charge in [-0.3, -0.25) is 4.98 Å². The van der Waals surface area contributed by atoms with Crippen molar-refractivity contribution in [2.75, 3.05) is 5.32 Å². The average Bonchev–Trinajstić information content (AvgIpc) is 2.67. The molecule has 0 aliphatic heterocycles. The van der Waals surface area contributed by atoms with Gasteiger partial charge in [0.05, 0.1) is 0 Å². The van der Waals surface area contributed by atoms with Crippen LogP contribution in [0.25, 0.3) is 0 Å². The Labute approximate surface area is 85.1 Å². The largest absolute Gasteiger partial charge is 0.362 e. The molecule has 0 saturated carbocycles. The van der Waals surface area contributed by atoms with E-state index in [0.717, 1.165) is 12.8 Å². The summed E-state index contributed by atoms with van der Waals surface area (Å²) in [6, 6.07) is 2.06. The monoisotopic (exact) mass is 188 g/mol. The highest BCUT2D eigenvalue weighted by Crippen LogP contribution is 2.26. The number of pyridine rings is 1. The molecule has 1 aromatic heterocycles. The number of aromatic nitrogens is 1. The van der Waals surface area contributed by atoms with E-state index in [0.29, 0.717) is 0 Å². The van der Waals surface area contributed by atoms with Crippen molar-refractivity contribution >= 4 is 5.69 Å². The van der Waals surface area contributed by atoms with Gasteiger partial charge in [0.2, 0.25) is 0 Å². The third kappa shape index (κ3) is 1.79. The molecule has 0 spiro atoms. The van der Waals surface area contributed by atoms with Crippen molar-refractivity contribution in [1.29, 1.82) is 0 Å². The van der Waals surface area contributed by atoms with Crippen LogP contribution in [0.15, 0.2) is 24.5 Å². The number of aryl methyl sites for hydroxylation is 1. The maximum Gasteiger partial charge on any atom is 0.0456 e. The fourth-order valence-corrected chi connectivity index (χ4v) is 1.86. The lowest BCUT2D eigenvalue weighted by Crippen LogP contribution is -1.95. The van der Waals surface area contributed by atoms with E-state index in [-0.39, 0.29) is 0 Å². The second-order valence-corrected chi connectivity index (χ2v) is 3.59. The van der Waals surface area contributed by atoms with Crippen LogP contribution in [0.5, 0.6) is 0 Å². The van der Waals surface area contributed by atoms with Crippen LogP contribution in [-0.2, 0) is 12.8 Å². The highest BCUT2D eigenvalue weighted by molar-refractivity contribution is 5.55. The third-order valence-electron chi connectivity index (χ3n) is 2.58. The molecule has 0 unspecified atom stereocenters. The minimum atomic E-state index is 1.07. The fraction of sp³-hybridized carbons (Fsp3) is 0.417. The minimum Gasteiger partial charge on any atom is -0.362 e. The zero-order chi connectivity index (χ0) is 9.80. The molecule has 1 aliphatic rings. The smallest absolute Gasteiger partial charge is 0.0456 e. The molecule has 0 atom stereocenters. The van der Waals surface area contributed by atoms with E-state index in [4.69, 9.17) is 0 Å². The highest BCUT2D eigenvalue weighted by atomic mass is 14.9. The molecule has 1 N–H and O–H groups in total. The topological polar surface area (TPSA) is 24.9 Å². The number of nitrogens with zero attached hydrogens (tertiary/aromatic N) is 1. The molecule has 2 rings (SSSR count). The van der Waals surface area contributed by atoms with Gasteiger partial charge in [-0.15, -0.1) is 0 Å². The van der Waals surface area contributed by atoms with Crippen LogP contribution >= 0.6 is 0 Å². The first-order valence-corrected chi connectivity index (χ1v) is 5.30. The molecule has 74 valence electrons. The van der Waals surface area contributed by atoms with Gasteiger partial charge >= 0.3 is 0 Å². The molecule has 1 heterocycles. The van der Waals surface area contributed by atoms with Gasteiger partial charge in [0.15, 0.2) is 0 Å². The maximum atomic E-state index is 4.38. The lowest BCUT2D eigenvalue weighted by atomic mass is 10.2. The highest BCUT2D eigenvalue weighted by Gasteiger charge is 2.14. The van der Waals surface area contributed by atoms with Crippen molar-refractivity contribution in [3.63, 3.8) is 0 Å². The Bertz CT molecular complexity index is 342. The predicted molar refractivity (Wildman–Crippen MR) is 59.3 cm³/mol. The van der Waals surface area contributed by atoms with Crippen LogP contribution in [0, 0.1) is 0 Å². The average molecular weight is 188 g/mol. The first-order valence-electron chi connectivity index (χ1n) is 5.30. The van der Waals surface area contributed by atoms with Gasteiger partial charge in [0, 0.05) is 17.6 Å². The second kappa shape index (κ2) is 4.27. The molecule has 2 nitrogen and oxygen atoms in total. The van der Waals surface area contributed by atoms with Crippen LogP contribution in [-0.4, -0.2) is 4.98 Å². The Hall–Kier alpha value is -1.31. The van der Waals surface area contributed by atoms with Crippen LogP contribution in [0.2, 0.25) is 0 Å². The summed E-state index contributed by atoms with van der Waals surface area (Å²) >= 11 is 0. The van der Waals surface area contributed by atoms with Crippen LogP contribution in [0.3, 0.4) is 0 Å². The molecule has 0 aromatic carbocycles. The van der Waals surface area contributed by atoms with Crippen molar-refractivity contribution in [3.05, 3.63) is 35.8 Å². The van der Waals surface area contributed by atoms with Gasteiger partial charge in [0.1, 0.15) is 0 Å². The summed E-state index contributed by atoms with van der Waals surface area (Å²) in [7, 11) is 0. The van der Waals surface area contributed by atoms with Gasteiger partial charge < -0.3 is 5.32 Å². The number of fused-ring (bicyclic) bond motifs is 1. The van der Waals surface area contributed by atoms with E-state index in [1.54, 1.807) is 0 Å². The maximum absolute atomic E-state index is 4.38. The Morgan fingerprint density at radius 1 is 1.50 bits per heavy atom. The number of hydrogen-bond acceptors (Lipinski definition) is 2. The second-order valence-electron chi connectivity index (χ2n) is 3.59. The van der Waals surface area contributed by atoms with Crippen molar-refractivity contribution in [2.24, 2.45) is 0 Å². The minimum absolute atomic E-state index is 1.07. The Kier molecular flexibility index (Phi) is 2.82. The summed E-state index contributed by atoms with van der Waals surface area (Å²) in [4.78, 5) is 4.38. The fourth-order valence-electron chi connectivity index (χ4n) is 1.86. The van der Waals surface area contributed by atoms with E-state index in [9.17, 15) is 0 Å². The summed E-state index contributed by atoms with van der Waals surface area (Å²) in [5, 5.41) is 3.33. The van der Waals surface area contributed by atoms with Gasteiger partial charge in [-0.05, 0) is 43.5 Å². The molecule has 0 bridgehead atoms. The third-order valence-corrected chi connectivity index (χ3v) is 2.58. The summed E-state index contributed by atoms with van der Waals surface area (Å²) in [5.74, 6) is 0. The molecule has 2 heteroatoms. The predicted octanol–water partition coefficient (Wildman–Crippen LogP) is 2.91. The standard InChI is InChI=1S/C12H16N2/c1-2-3-8-13-12-7-9-14-11-6-4-5-10(11)12/h3,7-9H,2,4-6H2,1H3,(H,13,14)/b8-3+. The van der Waals surface area contributed by atoms with Crippen LogP contribution < -0.4 is 5.32 Å². The summed E-state index contributed by atoms with van der Waals surface area (Å²) in [6.07, 6.45) is 10.7. The molecular weight excluding hydrogens is 172 g/mol. The molecule has 0 fully saturated rings. The zero-order valence-corrected chi connectivity index (χ0v) is 8.59. The number of allylic oxidation sites excluding steroid dienone is 1. The lowest BCUT2D eigenvalue weighted by molar-refractivity contribution is 0.899. The van der Waals surface area contributed by atoms with E-state index >= 15 is 0 Å². The first kappa shape index (κ1) is 9.25. The normalized spacial score (nSPS) is 14.6. The van der Waals surface area contributed by atoms with E-state index in [1.165, 1.54) is 29.8 Å². The Morgan fingerprint density at radius 2 is 2.43 bits per heavy atom. The molecule has 0 saturated heterocycles. The molecule has 1 aliphatic carbocycles. The molecule has 0 amide bonds.